The number of hydrogen-bond donors (Lipinski definition) is 3. The Kier molecular flexibility index (Phi) is 5.15. The molecule has 1 aliphatic rings. The highest BCUT2D eigenvalue weighted by Crippen LogP contribution is 2.18. The van der Waals surface area contributed by atoms with Crippen LogP contribution in [0.25, 0.3) is 0 Å². The molecule has 4 N–H and O–H groups in total. The highest BCUT2D eigenvalue weighted by Gasteiger charge is 2.25. The van der Waals surface area contributed by atoms with Gasteiger partial charge in [0.15, 0.2) is 0 Å². The zero-order valence-corrected chi connectivity index (χ0v) is 10.1. The molecular weight excluding hydrogens is 220 g/mol. The second kappa shape index (κ2) is 6.39. The van der Waals surface area contributed by atoms with Crippen molar-refractivity contribution >= 4 is 11.9 Å². The van der Waals surface area contributed by atoms with Gasteiger partial charge in [-0.15, -0.1) is 0 Å². The molecule has 3 atom stereocenters. The molecule has 3 unspecified atom stereocenters. The summed E-state index contributed by atoms with van der Waals surface area (Å²) < 4.78 is 0. The van der Waals surface area contributed by atoms with E-state index in [2.05, 4.69) is 5.32 Å². The number of rotatable bonds is 6. The first-order chi connectivity index (χ1) is 8.06. The Bertz CT molecular complexity index is 311. The Hall–Kier alpha value is -1.36. The van der Waals surface area contributed by atoms with Crippen molar-refractivity contribution in [2.75, 3.05) is 6.54 Å². The molecule has 0 radical (unpaired) electrons. The van der Waals surface area contributed by atoms with Crippen molar-refractivity contribution in [3.63, 3.8) is 0 Å². The SMILES string of the molecule is CCC(CN)CC(=O)NC1C=CC(C(=O)O)C1. The summed E-state index contributed by atoms with van der Waals surface area (Å²) in [7, 11) is 0. The van der Waals surface area contributed by atoms with Crippen molar-refractivity contribution in [2.45, 2.75) is 32.2 Å². The van der Waals surface area contributed by atoms with Crippen LogP contribution in [0.4, 0.5) is 0 Å². The molecule has 0 aromatic heterocycles. The van der Waals surface area contributed by atoms with E-state index in [1.807, 2.05) is 6.92 Å². The van der Waals surface area contributed by atoms with Gasteiger partial charge in [-0.25, -0.2) is 0 Å². The highest BCUT2D eigenvalue weighted by molar-refractivity contribution is 5.78. The minimum atomic E-state index is -0.841. The number of carbonyl (C=O) groups is 2. The normalized spacial score (nSPS) is 24.6. The van der Waals surface area contributed by atoms with E-state index in [4.69, 9.17) is 10.8 Å². The standard InChI is InChI=1S/C12H20N2O3/c1-2-8(7-13)5-11(15)14-10-4-3-9(6-10)12(16)17/h3-4,8-10H,2,5-7,13H2,1H3,(H,14,15)(H,16,17). The smallest absolute Gasteiger partial charge is 0.310 e. The lowest BCUT2D eigenvalue weighted by molar-refractivity contribution is -0.140. The highest BCUT2D eigenvalue weighted by atomic mass is 16.4. The second-order valence-electron chi connectivity index (χ2n) is 4.45. The lowest BCUT2D eigenvalue weighted by Gasteiger charge is -2.15. The number of amides is 1. The van der Waals surface area contributed by atoms with Crippen LogP contribution in [-0.2, 0) is 9.59 Å². The van der Waals surface area contributed by atoms with Gasteiger partial charge in [0.25, 0.3) is 0 Å². The summed E-state index contributed by atoms with van der Waals surface area (Å²) in [5.74, 6) is -1.16. The summed E-state index contributed by atoms with van der Waals surface area (Å²) in [5.41, 5.74) is 5.53. The van der Waals surface area contributed by atoms with Crippen molar-refractivity contribution in [3.05, 3.63) is 12.2 Å². The van der Waals surface area contributed by atoms with Crippen LogP contribution >= 0.6 is 0 Å². The predicted octanol–water partition coefficient (Wildman–Crippen LogP) is 0.507. The maximum absolute atomic E-state index is 11.7. The first-order valence-corrected chi connectivity index (χ1v) is 5.97. The van der Waals surface area contributed by atoms with Crippen LogP contribution in [0.2, 0.25) is 0 Å². The van der Waals surface area contributed by atoms with Crippen molar-refractivity contribution in [3.8, 4) is 0 Å². The second-order valence-corrected chi connectivity index (χ2v) is 4.45. The summed E-state index contributed by atoms with van der Waals surface area (Å²) in [6.07, 6.45) is 5.12. The quantitative estimate of drug-likeness (QED) is 0.590. The number of carboxylic acids is 1. The molecule has 1 aliphatic carbocycles. The third-order valence-corrected chi connectivity index (χ3v) is 3.13. The van der Waals surface area contributed by atoms with Gasteiger partial charge in [0.05, 0.1) is 5.92 Å². The molecule has 1 amide bonds. The van der Waals surface area contributed by atoms with Gasteiger partial charge in [-0.3, -0.25) is 9.59 Å². The van der Waals surface area contributed by atoms with Crippen LogP contribution in [0, 0.1) is 11.8 Å². The fourth-order valence-corrected chi connectivity index (χ4v) is 1.91. The fourth-order valence-electron chi connectivity index (χ4n) is 1.91. The summed E-state index contributed by atoms with van der Waals surface area (Å²) >= 11 is 0. The molecule has 0 bridgehead atoms. The van der Waals surface area contributed by atoms with Gasteiger partial charge in [0.1, 0.15) is 0 Å². The van der Waals surface area contributed by atoms with Crippen molar-refractivity contribution in [2.24, 2.45) is 17.6 Å². The average Bonchev–Trinajstić information content (AvgIpc) is 2.74. The summed E-state index contributed by atoms with van der Waals surface area (Å²) in [6.45, 7) is 2.50. The van der Waals surface area contributed by atoms with Gasteiger partial charge in [-0.2, -0.15) is 0 Å². The van der Waals surface area contributed by atoms with Crippen LogP contribution in [-0.4, -0.2) is 29.6 Å². The van der Waals surface area contributed by atoms with Crippen molar-refractivity contribution in [1.82, 2.24) is 5.32 Å². The molecule has 0 aliphatic heterocycles. The van der Waals surface area contributed by atoms with E-state index in [1.165, 1.54) is 0 Å². The fraction of sp³-hybridized carbons (Fsp3) is 0.667. The Morgan fingerprint density at radius 1 is 1.53 bits per heavy atom. The molecule has 5 heteroatoms. The van der Waals surface area contributed by atoms with Crippen LogP contribution in [0.3, 0.4) is 0 Å². The van der Waals surface area contributed by atoms with Crippen molar-refractivity contribution < 1.29 is 14.7 Å². The molecule has 1 rings (SSSR count). The minimum absolute atomic E-state index is 0.0528. The molecule has 0 aromatic carbocycles. The summed E-state index contributed by atoms with van der Waals surface area (Å²) in [6, 6.07) is -0.154. The predicted molar refractivity (Wildman–Crippen MR) is 64.3 cm³/mol. The third-order valence-electron chi connectivity index (χ3n) is 3.13. The van der Waals surface area contributed by atoms with Gasteiger partial charge in [0.2, 0.25) is 5.91 Å². The zero-order chi connectivity index (χ0) is 12.8. The molecule has 0 saturated carbocycles. The number of nitrogens with one attached hydrogen (secondary N) is 1. The Labute approximate surface area is 101 Å². The number of hydrogen-bond acceptors (Lipinski definition) is 3. The largest absolute Gasteiger partial charge is 0.481 e. The van der Waals surface area contributed by atoms with Crippen LogP contribution in [0.15, 0.2) is 12.2 Å². The van der Waals surface area contributed by atoms with Crippen LogP contribution < -0.4 is 11.1 Å². The van der Waals surface area contributed by atoms with Gasteiger partial charge < -0.3 is 16.2 Å². The molecule has 17 heavy (non-hydrogen) atoms. The first kappa shape index (κ1) is 13.7. The minimum Gasteiger partial charge on any atom is -0.481 e. The molecule has 0 fully saturated rings. The third kappa shape index (κ3) is 4.19. The van der Waals surface area contributed by atoms with Crippen molar-refractivity contribution in [1.29, 1.82) is 0 Å². The lowest BCUT2D eigenvalue weighted by Crippen LogP contribution is -2.35. The Morgan fingerprint density at radius 2 is 2.24 bits per heavy atom. The maximum atomic E-state index is 11.7. The maximum Gasteiger partial charge on any atom is 0.310 e. The Balaban J connectivity index is 2.34. The van der Waals surface area contributed by atoms with E-state index in [0.29, 0.717) is 19.4 Å². The van der Waals surface area contributed by atoms with E-state index in [-0.39, 0.29) is 17.9 Å². The molecule has 0 spiro atoms. The van der Waals surface area contributed by atoms with E-state index in [1.54, 1.807) is 12.2 Å². The van der Waals surface area contributed by atoms with Gasteiger partial charge in [-0.05, 0) is 18.9 Å². The number of carbonyl (C=O) groups excluding carboxylic acids is 1. The van der Waals surface area contributed by atoms with Gasteiger partial charge in [-0.1, -0.05) is 25.5 Å². The summed E-state index contributed by atoms with van der Waals surface area (Å²) in [4.78, 5) is 22.4. The molecule has 0 aromatic rings. The molecule has 5 nitrogen and oxygen atoms in total. The molecule has 0 heterocycles. The molecular formula is C12H20N2O3. The van der Waals surface area contributed by atoms with Crippen LogP contribution in [0.5, 0.6) is 0 Å². The van der Waals surface area contributed by atoms with E-state index in [9.17, 15) is 9.59 Å². The van der Waals surface area contributed by atoms with E-state index in [0.717, 1.165) is 6.42 Å². The van der Waals surface area contributed by atoms with Gasteiger partial charge >= 0.3 is 5.97 Å². The molecule has 0 saturated heterocycles. The number of aliphatic carboxylic acids is 1. The van der Waals surface area contributed by atoms with Gasteiger partial charge in [0, 0.05) is 12.5 Å². The van der Waals surface area contributed by atoms with E-state index >= 15 is 0 Å². The Morgan fingerprint density at radius 3 is 2.71 bits per heavy atom. The summed E-state index contributed by atoms with van der Waals surface area (Å²) in [5, 5.41) is 11.6. The monoisotopic (exact) mass is 240 g/mol. The van der Waals surface area contributed by atoms with E-state index < -0.39 is 11.9 Å². The number of carboxylic acid groups (broad SMARTS) is 1. The van der Waals surface area contributed by atoms with Crippen LogP contribution in [0.1, 0.15) is 26.2 Å². The number of nitrogens with two attached hydrogens (primary N) is 1. The zero-order valence-electron chi connectivity index (χ0n) is 10.1. The topological polar surface area (TPSA) is 92.4 Å². The lowest BCUT2D eigenvalue weighted by atomic mass is 10.0. The average molecular weight is 240 g/mol. The molecule has 96 valence electrons. The first-order valence-electron chi connectivity index (χ1n) is 5.97.